The number of thioether (sulfide) groups is 1. The van der Waals surface area contributed by atoms with Gasteiger partial charge in [-0.15, -0.1) is 23.1 Å². The quantitative estimate of drug-likeness (QED) is 0.291. The Morgan fingerprint density at radius 1 is 1.52 bits per heavy atom. The first-order chi connectivity index (χ1) is 10.1. The average Bonchev–Trinajstić information content (AvgIpc) is 2.90. The number of thiazole rings is 1. The number of aryl methyl sites for hydroxylation is 1. The molecular weight excluding hydrogens is 304 g/mol. The van der Waals surface area contributed by atoms with E-state index in [0.717, 1.165) is 28.4 Å². The lowest BCUT2D eigenvalue weighted by molar-refractivity contribution is 0.318. The van der Waals surface area contributed by atoms with Gasteiger partial charge >= 0.3 is 0 Å². The molecule has 0 aliphatic rings. The largest absolute Gasteiger partial charge is 0.409 e. The molecule has 0 unspecified atom stereocenters. The van der Waals surface area contributed by atoms with E-state index in [1.54, 1.807) is 23.1 Å². The van der Waals surface area contributed by atoms with Crippen molar-refractivity contribution in [2.75, 3.05) is 18.2 Å². The molecular formula is C14H18N4OS2. The highest BCUT2D eigenvalue weighted by Gasteiger charge is 2.16. The molecule has 1 aromatic heterocycles. The molecule has 3 N–H and O–H groups in total. The van der Waals surface area contributed by atoms with E-state index in [4.69, 9.17) is 10.9 Å². The van der Waals surface area contributed by atoms with Crippen LogP contribution >= 0.6 is 23.1 Å². The van der Waals surface area contributed by atoms with Crippen LogP contribution in [0.2, 0.25) is 0 Å². The summed E-state index contributed by atoms with van der Waals surface area (Å²) in [6, 6.07) is 5.92. The molecule has 0 atom stereocenters. The lowest BCUT2D eigenvalue weighted by atomic mass is 10.1. The average molecular weight is 322 g/mol. The molecule has 112 valence electrons. The number of nitrogens with zero attached hydrogens (tertiary/aromatic N) is 3. The third-order valence-corrected chi connectivity index (χ3v) is 4.92. The summed E-state index contributed by atoms with van der Waals surface area (Å²) in [6.07, 6.45) is 1.97. The van der Waals surface area contributed by atoms with Gasteiger partial charge in [-0.2, -0.15) is 0 Å². The molecule has 0 radical (unpaired) electrons. The van der Waals surface area contributed by atoms with Crippen molar-refractivity contribution >= 4 is 34.6 Å². The van der Waals surface area contributed by atoms with Crippen LogP contribution in [0.25, 0.3) is 0 Å². The van der Waals surface area contributed by atoms with Crippen molar-refractivity contribution < 1.29 is 5.21 Å². The van der Waals surface area contributed by atoms with Crippen LogP contribution in [0, 0.1) is 6.92 Å². The van der Waals surface area contributed by atoms with E-state index >= 15 is 0 Å². The van der Waals surface area contributed by atoms with Crippen LogP contribution in [0.1, 0.15) is 16.1 Å². The van der Waals surface area contributed by atoms with Gasteiger partial charge in [-0.25, -0.2) is 4.98 Å². The normalized spacial score (nSPS) is 11.7. The molecule has 7 heteroatoms. The Balaban J connectivity index is 2.41. The van der Waals surface area contributed by atoms with Crippen molar-refractivity contribution in [3.05, 3.63) is 39.8 Å². The van der Waals surface area contributed by atoms with Gasteiger partial charge in [0.25, 0.3) is 0 Å². The Kier molecular flexibility index (Phi) is 5.08. The van der Waals surface area contributed by atoms with E-state index < -0.39 is 0 Å². The fourth-order valence-corrected chi connectivity index (χ4v) is 3.55. The maximum atomic E-state index is 9.04. The van der Waals surface area contributed by atoms with Gasteiger partial charge in [0, 0.05) is 22.5 Å². The summed E-state index contributed by atoms with van der Waals surface area (Å²) in [4.78, 5) is 8.55. The summed E-state index contributed by atoms with van der Waals surface area (Å²) in [5.41, 5.74) is 10.4. The van der Waals surface area contributed by atoms with Crippen molar-refractivity contribution in [3.8, 4) is 0 Å². The Morgan fingerprint density at radius 2 is 2.29 bits per heavy atom. The fraction of sp³-hybridized carbons (Fsp3) is 0.286. The molecule has 0 aliphatic carbocycles. The lowest BCUT2D eigenvalue weighted by Crippen LogP contribution is -2.23. The lowest BCUT2D eigenvalue weighted by Gasteiger charge is -2.23. The smallest absolute Gasteiger partial charge is 0.173 e. The van der Waals surface area contributed by atoms with E-state index in [-0.39, 0.29) is 5.84 Å². The van der Waals surface area contributed by atoms with Crippen LogP contribution in [0.15, 0.2) is 33.8 Å². The topological polar surface area (TPSA) is 74.7 Å². The number of benzene rings is 1. The van der Waals surface area contributed by atoms with Crippen molar-refractivity contribution in [2.45, 2.75) is 18.4 Å². The standard InChI is InChI=1S/C14H18N4OS2/c1-9-12(21-8-16-9)7-18(2)10-5-4-6-11(20-3)13(10)14(15)17-19/h4-6,8,19H,7H2,1-3H3,(H2,15,17). The van der Waals surface area contributed by atoms with E-state index in [2.05, 4.69) is 15.0 Å². The number of hydrogen-bond acceptors (Lipinski definition) is 6. The van der Waals surface area contributed by atoms with Crippen LogP contribution < -0.4 is 10.6 Å². The molecule has 0 saturated carbocycles. The Hall–Kier alpha value is -1.73. The van der Waals surface area contributed by atoms with Crippen molar-refractivity contribution in [3.63, 3.8) is 0 Å². The molecule has 0 bridgehead atoms. The van der Waals surface area contributed by atoms with Crippen molar-refractivity contribution in [1.82, 2.24) is 4.98 Å². The Bertz CT molecular complexity index is 654. The highest BCUT2D eigenvalue weighted by molar-refractivity contribution is 7.98. The summed E-state index contributed by atoms with van der Waals surface area (Å²) in [7, 11) is 1.99. The summed E-state index contributed by atoms with van der Waals surface area (Å²) in [5.74, 6) is 0.128. The highest BCUT2D eigenvalue weighted by atomic mass is 32.2. The van der Waals surface area contributed by atoms with Crippen LogP contribution in [0.4, 0.5) is 5.69 Å². The van der Waals surface area contributed by atoms with Crippen LogP contribution in [-0.4, -0.2) is 29.3 Å². The van der Waals surface area contributed by atoms with Gasteiger partial charge in [0.2, 0.25) is 0 Å². The molecule has 0 amide bonds. The highest BCUT2D eigenvalue weighted by Crippen LogP contribution is 2.30. The predicted molar refractivity (Wildman–Crippen MR) is 89.7 cm³/mol. The van der Waals surface area contributed by atoms with E-state index in [1.807, 2.05) is 43.9 Å². The third-order valence-electron chi connectivity index (χ3n) is 3.22. The minimum absolute atomic E-state index is 0.128. The summed E-state index contributed by atoms with van der Waals surface area (Å²) in [6.45, 7) is 2.74. The number of hydrogen-bond donors (Lipinski definition) is 2. The molecule has 2 rings (SSSR count). The molecule has 0 spiro atoms. The SMILES string of the molecule is CSc1cccc(N(C)Cc2scnc2C)c1/C(N)=N/O. The molecule has 5 nitrogen and oxygen atoms in total. The summed E-state index contributed by atoms with van der Waals surface area (Å²) >= 11 is 3.21. The maximum Gasteiger partial charge on any atom is 0.173 e. The van der Waals surface area contributed by atoms with Crippen LogP contribution in [0.5, 0.6) is 0 Å². The second kappa shape index (κ2) is 6.82. The molecule has 1 heterocycles. The zero-order valence-corrected chi connectivity index (χ0v) is 13.8. The summed E-state index contributed by atoms with van der Waals surface area (Å²) in [5, 5.41) is 12.2. The monoisotopic (exact) mass is 322 g/mol. The molecule has 0 saturated heterocycles. The number of rotatable bonds is 5. The van der Waals surface area contributed by atoms with Gasteiger partial charge < -0.3 is 15.8 Å². The Labute approximate surface area is 132 Å². The maximum absolute atomic E-state index is 9.04. The van der Waals surface area contributed by atoms with Gasteiger partial charge in [-0.05, 0) is 25.3 Å². The van der Waals surface area contributed by atoms with Crippen molar-refractivity contribution in [1.29, 1.82) is 0 Å². The summed E-state index contributed by atoms with van der Waals surface area (Å²) < 4.78 is 0. The zero-order chi connectivity index (χ0) is 15.4. The number of amidine groups is 1. The van der Waals surface area contributed by atoms with Crippen LogP contribution in [-0.2, 0) is 6.54 Å². The van der Waals surface area contributed by atoms with Gasteiger partial charge in [0.1, 0.15) is 0 Å². The number of nitrogens with two attached hydrogens (primary N) is 1. The second-order valence-corrected chi connectivity index (χ2v) is 6.34. The molecule has 21 heavy (non-hydrogen) atoms. The minimum Gasteiger partial charge on any atom is -0.409 e. The van der Waals surface area contributed by atoms with E-state index in [9.17, 15) is 0 Å². The fourth-order valence-electron chi connectivity index (χ4n) is 2.09. The molecule has 2 aromatic rings. The van der Waals surface area contributed by atoms with Gasteiger partial charge in [0.15, 0.2) is 5.84 Å². The molecule has 0 fully saturated rings. The predicted octanol–water partition coefficient (Wildman–Crippen LogP) is 2.90. The first-order valence-corrected chi connectivity index (χ1v) is 8.44. The van der Waals surface area contributed by atoms with E-state index in [1.165, 1.54) is 4.88 Å². The second-order valence-electron chi connectivity index (χ2n) is 4.56. The number of anilines is 1. The molecule has 1 aromatic carbocycles. The Morgan fingerprint density at radius 3 is 2.86 bits per heavy atom. The van der Waals surface area contributed by atoms with Gasteiger partial charge in [0.05, 0.1) is 23.3 Å². The number of aromatic nitrogens is 1. The first kappa shape index (κ1) is 15.7. The van der Waals surface area contributed by atoms with Crippen molar-refractivity contribution in [2.24, 2.45) is 10.9 Å². The third kappa shape index (κ3) is 3.30. The number of oxime groups is 1. The van der Waals surface area contributed by atoms with Crippen LogP contribution in [0.3, 0.4) is 0 Å². The molecule has 0 aliphatic heterocycles. The van der Waals surface area contributed by atoms with Gasteiger partial charge in [-0.1, -0.05) is 11.2 Å². The minimum atomic E-state index is 0.128. The first-order valence-electron chi connectivity index (χ1n) is 6.33. The van der Waals surface area contributed by atoms with E-state index in [0.29, 0.717) is 0 Å². The zero-order valence-electron chi connectivity index (χ0n) is 12.2. The van der Waals surface area contributed by atoms with Gasteiger partial charge in [-0.3, -0.25) is 0 Å².